The molecule has 1 fully saturated rings. The van der Waals surface area contributed by atoms with Gasteiger partial charge in [0.15, 0.2) is 0 Å². The summed E-state index contributed by atoms with van der Waals surface area (Å²) in [7, 11) is 0. The van der Waals surface area contributed by atoms with E-state index in [2.05, 4.69) is 15.6 Å². The van der Waals surface area contributed by atoms with Crippen LogP contribution in [0, 0.1) is 12.3 Å². The number of hydrogen-bond acceptors (Lipinski definition) is 13. The van der Waals surface area contributed by atoms with Gasteiger partial charge in [0.25, 0.3) is 0 Å². The Balaban J connectivity index is 1.50. The number of aromatic nitrogens is 1. The predicted molar refractivity (Wildman–Crippen MR) is 212 cm³/mol. The highest BCUT2D eigenvalue weighted by Crippen LogP contribution is 2.28. The van der Waals surface area contributed by atoms with Gasteiger partial charge in [-0.05, 0) is 44.2 Å². The number of β-amino-alcohol motifs (C(OH)–C–C–N with tert-alkyl or cyclic N) is 1. The third-order valence-electron chi connectivity index (χ3n) is 8.61. The highest BCUT2D eigenvalue weighted by Gasteiger charge is 2.44. The number of aliphatic hydroxyl groups excluding tert-OH is 1. The van der Waals surface area contributed by atoms with Crippen LogP contribution in [-0.2, 0) is 44.6 Å². The first-order chi connectivity index (χ1) is 26.5. The van der Waals surface area contributed by atoms with E-state index in [1.165, 1.54) is 9.80 Å². The van der Waals surface area contributed by atoms with Crippen molar-refractivity contribution >= 4 is 35.2 Å². The zero-order valence-corrected chi connectivity index (χ0v) is 34.8. The number of rotatable bonds is 22. The maximum absolute atomic E-state index is 14.0. The molecule has 1 aromatic heterocycles. The van der Waals surface area contributed by atoms with Crippen molar-refractivity contribution in [2.75, 3.05) is 79.0 Å². The minimum Gasteiger partial charge on any atom is -0.444 e. The highest BCUT2D eigenvalue weighted by atomic mass is 32.1. The van der Waals surface area contributed by atoms with Crippen molar-refractivity contribution < 1.29 is 48.0 Å². The van der Waals surface area contributed by atoms with Gasteiger partial charge in [0.2, 0.25) is 17.7 Å². The summed E-state index contributed by atoms with van der Waals surface area (Å²) in [6.45, 7) is 15.6. The van der Waals surface area contributed by atoms with Crippen LogP contribution in [0.25, 0.3) is 10.4 Å². The van der Waals surface area contributed by atoms with E-state index in [0.29, 0.717) is 39.6 Å². The Morgan fingerprint density at radius 1 is 0.946 bits per heavy atom. The largest absolute Gasteiger partial charge is 0.444 e. The predicted octanol–water partition coefficient (Wildman–Crippen LogP) is 2.49. The number of thiazole rings is 1. The van der Waals surface area contributed by atoms with Crippen LogP contribution in [0.5, 0.6) is 0 Å². The van der Waals surface area contributed by atoms with Crippen molar-refractivity contribution in [1.82, 2.24) is 25.4 Å². The number of nitrogens with two attached hydrogens (primary N) is 1. The molecule has 4 amide bonds. The molecule has 56 heavy (non-hydrogen) atoms. The van der Waals surface area contributed by atoms with Crippen molar-refractivity contribution in [2.45, 2.75) is 85.2 Å². The van der Waals surface area contributed by atoms with E-state index in [-0.39, 0.29) is 52.4 Å². The van der Waals surface area contributed by atoms with Gasteiger partial charge >= 0.3 is 6.09 Å². The molecule has 17 heteroatoms. The summed E-state index contributed by atoms with van der Waals surface area (Å²) in [5.74, 6) is -1.41. The lowest BCUT2D eigenvalue weighted by Gasteiger charge is -2.35. The Labute approximate surface area is 334 Å². The van der Waals surface area contributed by atoms with Gasteiger partial charge < -0.3 is 55.0 Å². The van der Waals surface area contributed by atoms with Gasteiger partial charge in [0.1, 0.15) is 24.3 Å². The number of aliphatic hydroxyl groups is 1. The molecule has 1 aliphatic heterocycles. The molecule has 3 atom stereocenters. The number of aryl methyl sites for hydroxylation is 1. The standard InChI is InChI=1S/C39H62N6O10S/c1-27-33(56-26-42-27)29-10-8-28(9-11-29)23-41-35(48)31-22-30(46)24-45(31)36(49)34(38(2,3)4)43-32(47)25-54-17-14-44(37(50)55-39(5,6)7)13-16-52-19-21-53-20-18-51-15-12-40/h8-11,26,30-31,34,46H,12-25,40H2,1-7H3,(H,41,48)(H,43,47). The Hall–Kier alpha value is -3.71. The summed E-state index contributed by atoms with van der Waals surface area (Å²) in [6.07, 6.45) is -1.37. The van der Waals surface area contributed by atoms with E-state index in [1.54, 1.807) is 58.4 Å². The molecule has 1 saturated heterocycles. The molecule has 2 heterocycles. The summed E-state index contributed by atoms with van der Waals surface area (Å²) in [6, 6.07) is 5.90. The van der Waals surface area contributed by atoms with Crippen LogP contribution in [0.3, 0.4) is 0 Å². The number of benzene rings is 1. The molecule has 5 N–H and O–H groups in total. The molecule has 0 spiro atoms. The summed E-state index contributed by atoms with van der Waals surface area (Å²) >= 11 is 1.56. The van der Waals surface area contributed by atoms with Gasteiger partial charge in [0, 0.05) is 39.1 Å². The summed E-state index contributed by atoms with van der Waals surface area (Å²) < 4.78 is 27.5. The molecular weight excluding hydrogens is 745 g/mol. The van der Waals surface area contributed by atoms with Crippen LogP contribution in [0.4, 0.5) is 4.79 Å². The molecule has 0 saturated carbocycles. The molecule has 3 rings (SSSR count). The second-order valence-corrected chi connectivity index (χ2v) is 16.4. The lowest BCUT2D eigenvalue weighted by atomic mass is 9.85. The maximum atomic E-state index is 14.0. The second-order valence-electron chi connectivity index (χ2n) is 15.6. The van der Waals surface area contributed by atoms with Crippen LogP contribution >= 0.6 is 11.3 Å². The van der Waals surface area contributed by atoms with Crippen LogP contribution in [0.2, 0.25) is 0 Å². The van der Waals surface area contributed by atoms with Crippen LogP contribution in [0.1, 0.15) is 59.2 Å². The molecular formula is C39H62N6O10S. The second kappa shape index (κ2) is 22.9. The Morgan fingerprint density at radius 3 is 2.12 bits per heavy atom. The molecule has 2 aromatic rings. The number of amides is 4. The van der Waals surface area contributed by atoms with E-state index >= 15 is 0 Å². The fraction of sp³-hybridized carbons (Fsp3) is 0.667. The summed E-state index contributed by atoms with van der Waals surface area (Å²) in [5, 5.41) is 16.2. The Bertz CT molecular complexity index is 1530. The molecule has 0 aliphatic carbocycles. The molecule has 0 bridgehead atoms. The van der Waals surface area contributed by atoms with E-state index in [9.17, 15) is 24.3 Å². The summed E-state index contributed by atoms with van der Waals surface area (Å²) in [4.78, 5) is 61.6. The Morgan fingerprint density at radius 2 is 1.55 bits per heavy atom. The number of hydrogen-bond donors (Lipinski definition) is 4. The SMILES string of the molecule is Cc1ncsc1-c1ccc(CNC(=O)C2CC(O)CN2C(=O)C(NC(=O)COCCN(CCOCCOCCOCCN)C(=O)OC(C)(C)C)C(C)(C)C)cc1. The van der Waals surface area contributed by atoms with Crippen LogP contribution in [-0.4, -0.2) is 147 Å². The molecule has 1 aromatic carbocycles. The van der Waals surface area contributed by atoms with E-state index in [0.717, 1.165) is 21.7 Å². The number of likely N-dealkylation sites (tertiary alicyclic amines) is 1. The van der Waals surface area contributed by atoms with Gasteiger partial charge in [-0.25, -0.2) is 9.78 Å². The smallest absolute Gasteiger partial charge is 0.410 e. The topological polar surface area (TPSA) is 204 Å². The van der Waals surface area contributed by atoms with E-state index < -0.39 is 53.0 Å². The third-order valence-corrected chi connectivity index (χ3v) is 9.59. The quantitative estimate of drug-likeness (QED) is 0.127. The number of ether oxygens (including phenoxy) is 5. The van der Waals surface area contributed by atoms with Crippen molar-refractivity contribution in [3.8, 4) is 10.4 Å². The van der Waals surface area contributed by atoms with Gasteiger partial charge in [0.05, 0.1) is 68.4 Å². The average molecular weight is 807 g/mol. The molecule has 0 radical (unpaired) electrons. The first-order valence-corrected chi connectivity index (χ1v) is 19.9. The first-order valence-electron chi connectivity index (χ1n) is 19.0. The highest BCUT2D eigenvalue weighted by molar-refractivity contribution is 7.13. The fourth-order valence-electron chi connectivity index (χ4n) is 5.74. The monoisotopic (exact) mass is 806 g/mol. The first kappa shape index (κ1) is 46.7. The Kier molecular flexibility index (Phi) is 19.1. The zero-order valence-electron chi connectivity index (χ0n) is 34.0. The van der Waals surface area contributed by atoms with E-state index in [4.69, 9.17) is 29.4 Å². The average Bonchev–Trinajstić information content (AvgIpc) is 3.75. The zero-order chi connectivity index (χ0) is 41.3. The number of nitrogens with zero attached hydrogens (tertiary/aromatic N) is 3. The number of nitrogens with one attached hydrogen (secondary N) is 2. The van der Waals surface area contributed by atoms with Crippen LogP contribution < -0.4 is 16.4 Å². The maximum Gasteiger partial charge on any atom is 0.410 e. The van der Waals surface area contributed by atoms with Crippen LogP contribution in [0.15, 0.2) is 29.8 Å². The molecule has 314 valence electrons. The van der Waals surface area contributed by atoms with Crippen molar-refractivity contribution in [1.29, 1.82) is 0 Å². The normalized spacial score (nSPS) is 16.4. The fourth-order valence-corrected chi connectivity index (χ4v) is 6.56. The lowest BCUT2D eigenvalue weighted by Crippen LogP contribution is -2.58. The third kappa shape index (κ3) is 16.0. The van der Waals surface area contributed by atoms with Gasteiger partial charge in [-0.2, -0.15) is 0 Å². The molecule has 16 nitrogen and oxygen atoms in total. The van der Waals surface area contributed by atoms with Crippen molar-refractivity contribution in [2.24, 2.45) is 11.1 Å². The lowest BCUT2D eigenvalue weighted by molar-refractivity contribution is -0.144. The minimum atomic E-state index is -1.01. The summed E-state index contributed by atoms with van der Waals surface area (Å²) in [5.41, 5.74) is 8.61. The van der Waals surface area contributed by atoms with Gasteiger partial charge in [-0.15, -0.1) is 11.3 Å². The van der Waals surface area contributed by atoms with Crippen molar-refractivity contribution in [3.05, 3.63) is 41.0 Å². The van der Waals surface area contributed by atoms with E-state index in [1.807, 2.05) is 31.2 Å². The van der Waals surface area contributed by atoms with Gasteiger partial charge in [-0.1, -0.05) is 45.0 Å². The van der Waals surface area contributed by atoms with Crippen molar-refractivity contribution in [3.63, 3.8) is 0 Å². The number of carbonyl (C=O) groups is 4. The molecule has 1 aliphatic rings. The molecule has 3 unspecified atom stereocenters. The number of carbonyl (C=O) groups excluding carboxylic acids is 4. The van der Waals surface area contributed by atoms with Gasteiger partial charge in [-0.3, -0.25) is 14.4 Å². The minimum absolute atomic E-state index is 0.0148.